The zero-order valence-electron chi connectivity index (χ0n) is 13.9. The molecule has 1 aliphatic rings. The molecule has 0 saturated carbocycles. The minimum atomic E-state index is -1.19. The summed E-state index contributed by atoms with van der Waals surface area (Å²) in [5, 5.41) is 0. The molecule has 0 amide bonds. The Kier molecular flexibility index (Phi) is 5.33. The SMILES string of the molecule is Cc1ccc(-c2sc(C3C=CC=CC3)c(S(C)=O)c2S(C)=O)cc1. The van der Waals surface area contributed by atoms with E-state index in [9.17, 15) is 8.42 Å². The Labute approximate surface area is 152 Å². The molecule has 0 bridgehead atoms. The van der Waals surface area contributed by atoms with Crippen molar-refractivity contribution in [3.8, 4) is 10.4 Å². The Balaban J connectivity index is 2.23. The summed E-state index contributed by atoms with van der Waals surface area (Å²) >= 11 is 1.64. The lowest BCUT2D eigenvalue weighted by atomic mass is 9.99. The summed E-state index contributed by atoms with van der Waals surface area (Å²) in [4.78, 5) is 3.57. The Morgan fingerprint density at radius 2 is 1.67 bits per heavy atom. The van der Waals surface area contributed by atoms with E-state index in [0.29, 0.717) is 0 Å². The molecular formula is C19H20O2S3. The lowest BCUT2D eigenvalue weighted by Crippen LogP contribution is -2.02. The lowest BCUT2D eigenvalue weighted by molar-refractivity contribution is 0.677. The smallest absolute Gasteiger partial charge is 0.0735 e. The zero-order valence-corrected chi connectivity index (χ0v) is 16.4. The topological polar surface area (TPSA) is 34.1 Å². The second-order valence-corrected chi connectivity index (χ2v) is 9.57. The van der Waals surface area contributed by atoms with Crippen molar-refractivity contribution < 1.29 is 8.42 Å². The number of benzene rings is 1. The lowest BCUT2D eigenvalue weighted by Gasteiger charge is -2.13. The third-order valence-electron chi connectivity index (χ3n) is 4.05. The van der Waals surface area contributed by atoms with Crippen LogP contribution in [0.3, 0.4) is 0 Å². The number of thiophene rings is 1. The van der Waals surface area contributed by atoms with E-state index in [-0.39, 0.29) is 5.92 Å². The molecule has 1 aliphatic carbocycles. The highest BCUT2D eigenvalue weighted by molar-refractivity contribution is 7.88. The molecule has 1 heterocycles. The summed E-state index contributed by atoms with van der Waals surface area (Å²) in [5.74, 6) is 0.209. The fourth-order valence-corrected chi connectivity index (χ4v) is 7.39. The fraction of sp³-hybridized carbons (Fsp3) is 0.263. The Morgan fingerprint density at radius 1 is 1.00 bits per heavy atom. The predicted molar refractivity (Wildman–Crippen MR) is 105 cm³/mol. The van der Waals surface area contributed by atoms with Gasteiger partial charge in [-0.25, -0.2) is 0 Å². The first-order chi connectivity index (χ1) is 11.5. The van der Waals surface area contributed by atoms with Gasteiger partial charge in [0, 0.05) is 23.3 Å². The maximum atomic E-state index is 12.5. The van der Waals surface area contributed by atoms with Crippen LogP contribution < -0.4 is 0 Å². The van der Waals surface area contributed by atoms with Crippen molar-refractivity contribution in [2.24, 2.45) is 0 Å². The van der Waals surface area contributed by atoms with Gasteiger partial charge in [-0.1, -0.05) is 54.1 Å². The van der Waals surface area contributed by atoms with E-state index in [0.717, 1.165) is 31.5 Å². The Morgan fingerprint density at radius 3 is 2.21 bits per heavy atom. The molecule has 2 aromatic rings. The monoisotopic (exact) mass is 376 g/mol. The van der Waals surface area contributed by atoms with E-state index < -0.39 is 21.6 Å². The van der Waals surface area contributed by atoms with Gasteiger partial charge in [0.25, 0.3) is 0 Å². The Bertz CT molecular complexity index is 857. The van der Waals surface area contributed by atoms with Crippen LogP contribution in [-0.4, -0.2) is 20.9 Å². The highest BCUT2D eigenvalue weighted by atomic mass is 32.2. The summed E-state index contributed by atoms with van der Waals surface area (Å²) in [6, 6.07) is 8.23. The van der Waals surface area contributed by atoms with Crippen molar-refractivity contribution in [2.45, 2.75) is 29.1 Å². The van der Waals surface area contributed by atoms with Crippen LogP contribution in [0.5, 0.6) is 0 Å². The van der Waals surface area contributed by atoms with Crippen LogP contribution in [0.15, 0.2) is 58.4 Å². The standard InChI is InChI=1S/C19H20O2S3/c1-13-9-11-15(12-10-13)17-19(24(3)21)18(23(2)20)16(22-17)14-7-5-4-6-8-14/h4-7,9-12,14H,8H2,1-3H3. The van der Waals surface area contributed by atoms with Crippen LogP contribution >= 0.6 is 11.3 Å². The van der Waals surface area contributed by atoms with Crippen LogP contribution in [0.25, 0.3) is 10.4 Å². The van der Waals surface area contributed by atoms with E-state index >= 15 is 0 Å². The first kappa shape index (κ1) is 17.5. The molecule has 3 atom stereocenters. The molecule has 2 nitrogen and oxygen atoms in total. The molecule has 0 spiro atoms. The first-order valence-corrected chi connectivity index (χ1v) is 11.7. The Hall–Kier alpha value is -1.30. The van der Waals surface area contributed by atoms with E-state index in [1.165, 1.54) is 5.56 Å². The molecule has 3 rings (SSSR count). The number of rotatable bonds is 4. The van der Waals surface area contributed by atoms with Gasteiger partial charge in [-0.2, -0.15) is 0 Å². The highest BCUT2D eigenvalue weighted by Crippen LogP contribution is 2.45. The van der Waals surface area contributed by atoms with Crippen LogP contribution in [0, 0.1) is 6.92 Å². The molecule has 24 heavy (non-hydrogen) atoms. The summed E-state index contributed by atoms with van der Waals surface area (Å²) in [7, 11) is -2.36. The number of aryl methyl sites for hydroxylation is 1. The van der Waals surface area contributed by atoms with Gasteiger partial charge in [-0.3, -0.25) is 8.42 Å². The maximum Gasteiger partial charge on any atom is 0.0735 e. The van der Waals surface area contributed by atoms with Crippen molar-refractivity contribution >= 4 is 32.9 Å². The molecule has 5 heteroatoms. The van der Waals surface area contributed by atoms with E-state index in [1.54, 1.807) is 23.8 Å². The third kappa shape index (κ3) is 3.39. The summed E-state index contributed by atoms with van der Waals surface area (Å²) in [6.45, 7) is 2.05. The average Bonchev–Trinajstić information content (AvgIpc) is 2.97. The van der Waals surface area contributed by atoms with Gasteiger partial charge in [0.1, 0.15) is 0 Å². The van der Waals surface area contributed by atoms with E-state index in [1.807, 2.05) is 19.1 Å². The molecule has 1 aromatic heterocycles. The molecule has 0 fully saturated rings. The van der Waals surface area contributed by atoms with Gasteiger partial charge >= 0.3 is 0 Å². The first-order valence-electron chi connectivity index (χ1n) is 7.73. The maximum absolute atomic E-state index is 12.5. The van der Waals surface area contributed by atoms with Gasteiger partial charge in [-0.15, -0.1) is 11.3 Å². The molecule has 0 aliphatic heterocycles. The van der Waals surface area contributed by atoms with E-state index in [4.69, 9.17) is 0 Å². The van der Waals surface area contributed by atoms with Gasteiger partial charge in [0.15, 0.2) is 0 Å². The molecule has 0 N–H and O–H groups in total. The number of hydrogen-bond acceptors (Lipinski definition) is 3. The molecule has 1 aromatic carbocycles. The minimum Gasteiger partial charge on any atom is -0.255 e. The third-order valence-corrected chi connectivity index (χ3v) is 7.79. The van der Waals surface area contributed by atoms with Crippen molar-refractivity contribution in [2.75, 3.05) is 12.5 Å². The van der Waals surface area contributed by atoms with Crippen molar-refractivity contribution in [1.82, 2.24) is 0 Å². The van der Waals surface area contributed by atoms with Crippen LogP contribution in [0.2, 0.25) is 0 Å². The van der Waals surface area contributed by atoms with Crippen molar-refractivity contribution in [1.29, 1.82) is 0 Å². The second kappa shape index (κ2) is 7.30. The zero-order chi connectivity index (χ0) is 17.3. The molecule has 126 valence electrons. The number of hydrogen-bond donors (Lipinski definition) is 0. The molecule has 0 radical (unpaired) electrons. The normalized spacial score (nSPS) is 19.4. The quantitative estimate of drug-likeness (QED) is 0.768. The van der Waals surface area contributed by atoms with Gasteiger partial charge in [0.2, 0.25) is 0 Å². The average molecular weight is 377 g/mol. The van der Waals surface area contributed by atoms with Gasteiger partial charge in [0.05, 0.1) is 36.3 Å². The van der Waals surface area contributed by atoms with Crippen molar-refractivity contribution in [3.05, 3.63) is 59.0 Å². The number of allylic oxidation sites excluding steroid dienone is 4. The molecule has 3 unspecified atom stereocenters. The molecule has 0 saturated heterocycles. The fourth-order valence-electron chi connectivity index (χ4n) is 2.86. The van der Waals surface area contributed by atoms with Gasteiger partial charge < -0.3 is 0 Å². The minimum absolute atomic E-state index is 0.209. The predicted octanol–water partition coefficient (Wildman–Crippen LogP) is 4.80. The highest BCUT2D eigenvalue weighted by Gasteiger charge is 2.27. The summed E-state index contributed by atoms with van der Waals surface area (Å²) in [5.41, 5.74) is 2.23. The van der Waals surface area contributed by atoms with Crippen LogP contribution in [0.4, 0.5) is 0 Å². The van der Waals surface area contributed by atoms with Crippen LogP contribution in [-0.2, 0) is 21.6 Å². The van der Waals surface area contributed by atoms with E-state index in [2.05, 4.69) is 36.4 Å². The largest absolute Gasteiger partial charge is 0.255 e. The summed E-state index contributed by atoms with van der Waals surface area (Å²) in [6.07, 6.45) is 12.6. The van der Waals surface area contributed by atoms with Crippen LogP contribution in [0.1, 0.15) is 22.8 Å². The van der Waals surface area contributed by atoms with Crippen molar-refractivity contribution in [3.63, 3.8) is 0 Å². The summed E-state index contributed by atoms with van der Waals surface area (Å²) < 4.78 is 25.0. The second-order valence-electron chi connectivity index (χ2n) is 5.88. The molecular weight excluding hydrogens is 356 g/mol. The van der Waals surface area contributed by atoms with Gasteiger partial charge in [-0.05, 0) is 18.9 Å².